The molecular formula is C19H30F3N3O2S. The van der Waals surface area contributed by atoms with Gasteiger partial charge in [-0.1, -0.05) is 19.3 Å². The molecule has 5 nitrogen and oxygen atoms in total. The Morgan fingerprint density at radius 2 is 1.89 bits per heavy atom. The number of aromatic nitrogens is 2. The lowest BCUT2D eigenvalue weighted by Crippen LogP contribution is -2.40. The van der Waals surface area contributed by atoms with Crippen LogP contribution < -0.4 is 5.32 Å². The summed E-state index contributed by atoms with van der Waals surface area (Å²) in [4.78, 5) is 0. The van der Waals surface area contributed by atoms with Crippen molar-refractivity contribution in [3.63, 3.8) is 0 Å². The molecule has 9 heteroatoms. The van der Waals surface area contributed by atoms with Gasteiger partial charge in [-0.2, -0.15) is 18.3 Å². The van der Waals surface area contributed by atoms with Gasteiger partial charge in [-0.05, 0) is 50.1 Å². The zero-order valence-electron chi connectivity index (χ0n) is 16.4. The van der Waals surface area contributed by atoms with Gasteiger partial charge in [0.2, 0.25) is 0 Å². The summed E-state index contributed by atoms with van der Waals surface area (Å²) in [5.41, 5.74) is 0.0690. The van der Waals surface area contributed by atoms with Crippen LogP contribution in [0, 0.1) is 5.41 Å². The molecule has 0 aromatic carbocycles. The van der Waals surface area contributed by atoms with E-state index in [-0.39, 0.29) is 11.3 Å². The Labute approximate surface area is 165 Å². The van der Waals surface area contributed by atoms with Crippen LogP contribution in [0.2, 0.25) is 0 Å². The van der Waals surface area contributed by atoms with E-state index >= 15 is 0 Å². The van der Waals surface area contributed by atoms with Crippen molar-refractivity contribution in [1.82, 2.24) is 15.1 Å². The van der Waals surface area contributed by atoms with Gasteiger partial charge >= 0.3 is 6.18 Å². The zero-order valence-corrected chi connectivity index (χ0v) is 17.2. The third-order valence-electron chi connectivity index (χ3n) is 6.26. The minimum Gasteiger partial charge on any atom is -0.316 e. The first kappa shape index (κ1) is 21.6. The van der Waals surface area contributed by atoms with Gasteiger partial charge in [-0.3, -0.25) is 4.68 Å². The molecule has 3 heterocycles. The molecule has 0 unspecified atom stereocenters. The van der Waals surface area contributed by atoms with Crippen LogP contribution in [0.4, 0.5) is 13.2 Å². The Bertz CT molecular complexity index is 762. The second kappa shape index (κ2) is 8.34. The van der Waals surface area contributed by atoms with E-state index in [1.54, 1.807) is 7.05 Å². The number of sulfone groups is 1. The van der Waals surface area contributed by atoms with E-state index in [0.717, 1.165) is 63.7 Å². The van der Waals surface area contributed by atoms with Crippen molar-refractivity contribution >= 4 is 9.84 Å². The average Bonchev–Trinajstić information content (AvgIpc) is 3.17. The zero-order chi connectivity index (χ0) is 20.4. The number of halogens is 3. The van der Waals surface area contributed by atoms with Crippen LogP contribution in [0.5, 0.6) is 0 Å². The van der Waals surface area contributed by atoms with Crippen LogP contribution >= 0.6 is 0 Å². The molecule has 1 aromatic rings. The maximum atomic E-state index is 12.5. The van der Waals surface area contributed by atoms with Crippen LogP contribution in [0.15, 0.2) is 6.07 Å². The van der Waals surface area contributed by atoms with Gasteiger partial charge in [0.25, 0.3) is 0 Å². The Hall–Kier alpha value is -1.09. The largest absolute Gasteiger partial charge is 0.435 e. The standard InChI is InChI=1S/C11H15F3N2.C8H15NO2S/c1-16-9(8-5-3-2-4-6-8)7-10(15-16)11(12,13)14;10-12(11)5-3-8(7-12)2-1-4-9-6-8/h7-8H,2-6H2,1H3;9H,1-7H2/t;8-/m.1/s1. The molecule has 2 aliphatic heterocycles. The lowest BCUT2D eigenvalue weighted by atomic mass is 9.80. The van der Waals surface area contributed by atoms with Crippen LogP contribution in [0.25, 0.3) is 0 Å². The van der Waals surface area contributed by atoms with Gasteiger partial charge in [-0.25, -0.2) is 8.42 Å². The molecular weight excluding hydrogens is 391 g/mol. The first-order chi connectivity index (χ1) is 13.1. The molecule has 160 valence electrons. The second-order valence-corrected chi connectivity index (χ2v) is 10.7. The predicted molar refractivity (Wildman–Crippen MR) is 102 cm³/mol. The first-order valence-electron chi connectivity index (χ1n) is 10.1. The summed E-state index contributed by atoms with van der Waals surface area (Å²) in [6.07, 6.45) is 4.16. The van der Waals surface area contributed by atoms with Gasteiger partial charge < -0.3 is 5.32 Å². The fourth-order valence-corrected chi connectivity index (χ4v) is 6.96. The second-order valence-electron chi connectivity index (χ2n) is 8.53. The fraction of sp³-hybridized carbons (Fsp3) is 0.842. The minimum atomic E-state index is -4.33. The number of piperidine rings is 1. The molecule has 0 radical (unpaired) electrons. The maximum absolute atomic E-state index is 12.5. The Balaban J connectivity index is 0.000000167. The van der Waals surface area contributed by atoms with Gasteiger partial charge in [0.15, 0.2) is 15.5 Å². The van der Waals surface area contributed by atoms with Crippen molar-refractivity contribution in [2.24, 2.45) is 12.5 Å². The van der Waals surface area contributed by atoms with Crippen molar-refractivity contribution in [2.75, 3.05) is 24.6 Å². The van der Waals surface area contributed by atoms with E-state index in [0.29, 0.717) is 11.5 Å². The van der Waals surface area contributed by atoms with E-state index in [9.17, 15) is 21.6 Å². The third kappa shape index (κ3) is 5.28. The molecule has 3 aliphatic rings. The van der Waals surface area contributed by atoms with E-state index in [4.69, 9.17) is 0 Å². The van der Waals surface area contributed by atoms with Crippen LogP contribution in [-0.4, -0.2) is 42.8 Å². The molecule has 1 aliphatic carbocycles. The highest BCUT2D eigenvalue weighted by Crippen LogP contribution is 2.38. The predicted octanol–water partition coefficient (Wildman–Crippen LogP) is 3.66. The molecule has 4 rings (SSSR count). The van der Waals surface area contributed by atoms with Crippen molar-refractivity contribution < 1.29 is 21.6 Å². The Kier molecular flexibility index (Phi) is 6.44. The number of hydrogen-bond donors (Lipinski definition) is 1. The van der Waals surface area contributed by atoms with Crippen molar-refractivity contribution in [1.29, 1.82) is 0 Å². The van der Waals surface area contributed by atoms with Crippen molar-refractivity contribution in [2.45, 2.75) is 63.5 Å². The summed E-state index contributed by atoms with van der Waals surface area (Å²) in [6, 6.07) is 1.20. The van der Waals surface area contributed by atoms with E-state index < -0.39 is 21.7 Å². The Morgan fingerprint density at radius 1 is 1.18 bits per heavy atom. The van der Waals surface area contributed by atoms with Crippen LogP contribution in [-0.2, 0) is 23.1 Å². The molecule has 1 saturated carbocycles. The lowest BCUT2D eigenvalue weighted by Gasteiger charge is -2.32. The first-order valence-corrected chi connectivity index (χ1v) is 11.9. The van der Waals surface area contributed by atoms with Gasteiger partial charge in [0.1, 0.15) is 0 Å². The molecule has 1 N–H and O–H groups in total. The summed E-state index contributed by atoms with van der Waals surface area (Å²) in [6.45, 7) is 1.97. The monoisotopic (exact) mass is 421 g/mol. The number of nitrogens with zero attached hydrogens (tertiary/aromatic N) is 2. The fourth-order valence-electron chi connectivity index (χ4n) is 4.75. The van der Waals surface area contributed by atoms with Crippen molar-refractivity contribution in [3.8, 4) is 0 Å². The van der Waals surface area contributed by atoms with Crippen LogP contribution in [0.1, 0.15) is 68.7 Å². The average molecular weight is 422 g/mol. The summed E-state index contributed by atoms with van der Waals surface area (Å²) >= 11 is 0. The lowest BCUT2D eigenvalue weighted by molar-refractivity contribution is -0.141. The highest BCUT2D eigenvalue weighted by atomic mass is 32.2. The molecule has 0 bridgehead atoms. The minimum absolute atomic E-state index is 0.108. The third-order valence-corrected chi connectivity index (χ3v) is 8.14. The topological polar surface area (TPSA) is 64.0 Å². The van der Waals surface area contributed by atoms with Gasteiger partial charge in [0, 0.05) is 25.2 Å². The molecule has 1 spiro atoms. The molecule has 1 atom stereocenters. The maximum Gasteiger partial charge on any atom is 0.435 e. The molecule has 3 fully saturated rings. The summed E-state index contributed by atoms with van der Waals surface area (Å²) in [5.74, 6) is 1.09. The normalized spacial score (nSPS) is 28.1. The quantitative estimate of drug-likeness (QED) is 0.752. The highest BCUT2D eigenvalue weighted by Gasteiger charge is 2.42. The Morgan fingerprint density at radius 3 is 2.39 bits per heavy atom. The number of alkyl halides is 3. The summed E-state index contributed by atoms with van der Waals surface area (Å²) in [5, 5.41) is 6.84. The molecule has 2 saturated heterocycles. The molecule has 28 heavy (non-hydrogen) atoms. The smallest absolute Gasteiger partial charge is 0.316 e. The summed E-state index contributed by atoms with van der Waals surface area (Å²) < 4.78 is 61.4. The van der Waals surface area contributed by atoms with E-state index in [1.807, 2.05) is 0 Å². The van der Waals surface area contributed by atoms with Gasteiger partial charge in [0.05, 0.1) is 11.5 Å². The number of hydrogen-bond acceptors (Lipinski definition) is 4. The SMILES string of the molecule is Cn1nc(C(F)(F)F)cc1C1CCCCC1.O=S1(=O)CC[C@@]2(CCCNC2)C1. The number of aryl methyl sites for hydroxylation is 1. The number of nitrogens with one attached hydrogen (secondary N) is 1. The highest BCUT2D eigenvalue weighted by molar-refractivity contribution is 7.91. The van der Waals surface area contributed by atoms with E-state index in [1.165, 1.54) is 17.2 Å². The van der Waals surface area contributed by atoms with Crippen LogP contribution in [0.3, 0.4) is 0 Å². The van der Waals surface area contributed by atoms with E-state index in [2.05, 4.69) is 10.4 Å². The van der Waals surface area contributed by atoms with Crippen molar-refractivity contribution in [3.05, 3.63) is 17.5 Å². The summed E-state index contributed by atoms with van der Waals surface area (Å²) in [7, 11) is -1.10. The molecule has 0 amide bonds. The van der Waals surface area contributed by atoms with Gasteiger partial charge in [-0.15, -0.1) is 0 Å². The molecule has 1 aromatic heterocycles. The number of rotatable bonds is 1.